The van der Waals surface area contributed by atoms with E-state index in [4.69, 9.17) is 16.3 Å². The Morgan fingerprint density at radius 2 is 1.89 bits per heavy atom. The highest BCUT2D eigenvalue weighted by molar-refractivity contribution is 6.30. The number of nitrogens with zero attached hydrogens (tertiary/aromatic N) is 1. The van der Waals surface area contributed by atoms with E-state index in [1.165, 1.54) is 0 Å². The van der Waals surface area contributed by atoms with E-state index in [1.807, 2.05) is 43.3 Å². The van der Waals surface area contributed by atoms with Crippen molar-refractivity contribution in [1.82, 2.24) is 10.6 Å². The molecule has 0 aliphatic carbocycles. The molecule has 1 saturated heterocycles. The summed E-state index contributed by atoms with van der Waals surface area (Å²) >= 11 is 5.85. The minimum absolute atomic E-state index is 0.0119. The number of hydrogen-bond donors (Lipinski definition) is 2. The standard InChI is InChI=1S/C20H22ClN3O3/c1-2-27-18-9-7-17(8-10-18)24-13-16(11-19(24)25)23-20(26)22-12-14-3-5-15(21)6-4-14/h3-10,16H,2,11-13H2,1H3,(H2,22,23,26)/t16-/m0/s1. The molecule has 0 aromatic heterocycles. The number of hydrogen-bond acceptors (Lipinski definition) is 3. The van der Waals surface area contributed by atoms with E-state index >= 15 is 0 Å². The summed E-state index contributed by atoms with van der Waals surface area (Å²) in [5.41, 5.74) is 1.75. The second-order valence-corrected chi connectivity index (χ2v) is 6.72. The Morgan fingerprint density at radius 1 is 1.19 bits per heavy atom. The minimum Gasteiger partial charge on any atom is -0.494 e. The largest absolute Gasteiger partial charge is 0.494 e. The number of ether oxygens (including phenoxy) is 1. The smallest absolute Gasteiger partial charge is 0.315 e. The molecule has 0 bridgehead atoms. The maximum absolute atomic E-state index is 12.3. The lowest BCUT2D eigenvalue weighted by atomic mass is 10.2. The van der Waals surface area contributed by atoms with Crippen molar-refractivity contribution in [1.29, 1.82) is 0 Å². The first-order valence-electron chi connectivity index (χ1n) is 8.87. The monoisotopic (exact) mass is 387 g/mol. The van der Waals surface area contributed by atoms with Gasteiger partial charge in [0, 0.05) is 30.2 Å². The molecule has 2 aromatic rings. The van der Waals surface area contributed by atoms with Crippen molar-refractivity contribution in [3.8, 4) is 5.75 Å². The van der Waals surface area contributed by atoms with Gasteiger partial charge >= 0.3 is 6.03 Å². The summed E-state index contributed by atoms with van der Waals surface area (Å²) in [5, 5.41) is 6.31. The average Bonchev–Trinajstić information content (AvgIpc) is 3.02. The molecule has 1 heterocycles. The number of halogens is 1. The van der Waals surface area contributed by atoms with Gasteiger partial charge in [-0.05, 0) is 48.9 Å². The number of carbonyl (C=O) groups excluding carboxylic acids is 2. The zero-order chi connectivity index (χ0) is 19.2. The van der Waals surface area contributed by atoms with Crippen molar-refractivity contribution < 1.29 is 14.3 Å². The fourth-order valence-electron chi connectivity index (χ4n) is 2.96. The van der Waals surface area contributed by atoms with Crippen LogP contribution in [-0.2, 0) is 11.3 Å². The Balaban J connectivity index is 1.50. The predicted octanol–water partition coefficient (Wildman–Crippen LogP) is 3.34. The van der Waals surface area contributed by atoms with Gasteiger partial charge in [-0.25, -0.2) is 4.79 Å². The van der Waals surface area contributed by atoms with E-state index < -0.39 is 0 Å². The zero-order valence-corrected chi connectivity index (χ0v) is 15.8. The van der Waals surface area contributed by atoms with Crippen LogP contribution < -0.4 is 20.3 Å². The number of anilines is 1. The van der Waals surface area contributed by atoms with E-state index in [9.17, 15) is 9.59 Å². The average molecular weight is 388 g/mol. The van der Waals surface area contributed by atoms with Gasteiger partial charge in [-0.2, -0.15) is 0 Å². The second kappa shape index (κ2) is 8.77. The summed E-state index contributed by atoms with van der Waals surface area (Å²) in [6.45, 7) is 3.36. The minimum atomic E-state index is -0.295. The molecule has 0 unspecified atom stereocenters. The van der Waals surface area contributed by atoms with Crippen molar-refractivity contribution in [2.75, 3.05) is 18.1 Å². The first kappa shape index (κ1) is 19.0. The number of nitrogens with one attached hydrogen (secondary N) is 2. The molecule has 1 aliphatic rings. The molecular weight excluding hydrogens is 366 g/mol. The molecule has 0 spiro atoms. The van der Waals surface area contributed by atoms with Crippen LogP contribution in [-0.4, -0.2) is 31.1 Å². The zero-order valence-electron chi connectivity index (χ0n) is 15.1. The van der Waals surface area contributed by atoms with E-state index in [1.54, 1.807) is 17.0 Å². The van der Waals surface area contributed by atoms with Gasteiger partial charge in [0.05, 0.1) is 12.6 Å². The van der Waals surface area contributed by atoms with Gasteiger partial charge in [-0.15, -0.1) is 0 Å². The van der Waals surface area contributed by atoms with Gasteiger partial charge in [0.2, 0.25) is 5.91 Å². The lowest BCUT2D eigenvalue weighted by molar-refractivity contribution is -0.117. The lowest BCUT2D eigenvalue weighted by Crippen LogP contribution is -2.43. The quantitative estimate of drug-likeness (QED) is 0.798. The summed E-state index contributed by atoms with van der Waals surface area (Å²) in [4.78, 5) is 26.1. The van der Waals surface area contributed by atoms with Crippen LogP contribution in [0.1, 0.15) is 18.9 Å². The number of amides is 3. The van der Waals surface area contributed by atoms with E-state index in [-0.39, 0.29) is 24.4 Å². The van der Waals surface area contributed by atoms with Gasteiger partial charge in [0.15, 0.2) is 0 Å². The van der Waals surface area contributed by atoms with Gasteiger partial charge in [-0.3, -0.25) is 4.79 Å². The molecule has 6 nitrogen and oxygen atoms in total. The summed E-state index contributed by atoms with van der Waals surface area (Å²) in [5.74, 6) is 0.756. The summed E-state index contributed by atoms with van der Waals surface area (Å²) in [6.07, 6.45) is 0.279. The molecule has 1 aliphatic heterocycles. The summed E-state index contributed by atoms with van der Waals surface area (Å²) < 4.78 is 5.42. The summed E-state index contributed by atoms with van der Waals surface area (Å²) in [7, 11) is 0. The Hall–Kier alpha value is -2.73. The fourth-order valence-corrected chi connectivity index (χ4v) is 3.09. The maximum atomic E-state index is 12.3. The van der Waals surface area contributed by atoms with Gasteiger partial charge in [0.1, 0.15) is 5.75 Å². The van der Waals surface area contributed by atoms with E-state index in [2.05, 4.69) is 10.6 Å². The molecule has 7 heteroatoms. The van der Waals surface area contributed by atoms with Crippen LogP contribution in [0.15, 0.2) is 48.5 Å². The van der Waals surface area contributed by atoms with Crippen LogP contribution >= 0.6 is 11.6 Å². The highest BCUT2D eigenvalue weighted by Gasteiger charge is 2.31. The number of urea groups is 1. The first-order chi connectivity index (χ1) is 13.0. The van der Waals surface area contributed by atoms with E-state index in [0.717, 1.165) is 17.0 Å². The molecule has 0 saturated carbocycles. The highest BCUT2D eigenvalue weighted by atomic mass is 35.5. The Kier molecular flexibility index (Phi) is 6.19. The van der Waals surface area contributed by atoms with E-state index in [0.29, 0.717) is 24.7 Å². The Morgan fingerprint density at radius 3 is 2.56 bits per heavy atom. The predicted molar refractivity (Wildman–Crippen MR) is 105 cm³/mol. The lowest BCUT2D eigenvalue weighted by Gasteiger charge is -2.18. The highest BCUT2D eigenvalue weighted by Crippen LogP contribution is 2.24. The molecule has 2 aromatic carbocycles. The van der Waals surface area contributed by atoms with Gasteiger partial charge in [0.25, 0.3) is 0 Å². The van der Waals surface area contributed by atoms with Crippen LogP contribution in [0.25, 0.3) is 0 Å². The van der Waals surface area contributed by atoms with Crippen molar-refractivity contribution in [3.05, 3.63) is 59.1 Å². The first-order valence-corrected chi connectivity index (χ1v) is 9.25. The Bertz CT molecular complexity index is 793. The molecule has 1 atom stereocenters. The van der Waals surface area contributed by atoms with Crippen LogP contribution in [0.4, 0.5) is 10.5 Å². The SMILES string of the molecule is CCOc1ccc(N2C[C@@H](NC(=O)NCc3ccc(Cl)cc3)CC2=O)cc1. The Labute approximate surface area is 163 Å². The van der Waals surface area contributed by atoms with Crippen molar-refractivity contribution in [2.24, 2.45) is 0 Å². The third kappa shape index (κ3) is 5.14. The van der Waals surface area contributed by atoms with Crippen molar-refractivity contribution in [3.63, 3.8) is 0 Å². The van der Waals surface area contributed by atoms with Crippen LogP contribution in [0.5, 0.6) is 5.75 Å². The molecule has 2 N–H and O–H groups in total. The maximum Gasteiger partial charge on any atom is 0.315 e. The normalized spacial score (nSPS) is 16.3. The van der Waals surface area contributed by atoms with Crippen LogP contribution in [0.2, 0.25) is 5.02 Å². The molecule has 142 valence electrons. The molecule has 3 amide bonds. The second-order valence-electron chi connectivity index (χ2n) is 6.29. The third-order valence-electron chi connectivity index (χ3n) is 4.29. The van der Waals surface area contributed by atoms with Crippen molar-refractivity contribution >= 4 is 29.2 Å². The number of benzene rings is 2. The molecule has 0 radical (unpaired) electrons. The fraction of sp³-hybridized carbons (Fsp3) is 0.300. The van der Waals surface area contributed by atoms with Gasteiger partial charge in [-0.1, -0.05) is 23.7 Å². The summed E-state index contributed by atoms with van der Waals surface area (Å²) in [6, 6.07) is 14.1. The molecule has 27 heavy (non-hydrogen) atoms. The molecular formula is C20H22ClN3O3. The van der Waals surface area contributed by atoms with Gasteiger partial charge < -0.3 is 20.3 Å². The van der Waals surface area contributed by atoms with Crippen LogP contribution in [0.3, 0.4) is 0 Å². The molecule has 3 rings (SSSR count). The number of rotatable bonds is 6. The number of carbonyl (C=O) groups is 2. The molecule has 1 fully saturated rings. The van der Waals surface area contributed by atoms with Crippen LogP contribution in [0, 0.1) is 0 Å². The topological polar surface area (TPSA) is 70.7 Å². The third-order valence-corrected chi connectivity index (χ3v) is 4.54. The van der Waals surface area contributed by atoms with Crippen molar-refractivity contribution in [2.45, 2.75) is 25.9 Å².